The number of amides is 1. The lowest BCUT2D eigenvalue weighted by atomic mass is 9.95. The molecular formula is C23H28N4O5. The largest absolute Gasteiger partial charge is 0.497 e. The van der Waals surface area contributed by atoms with Gasteiger partial charge in [0.1, 0.15) is 11.3 Å². The summed E-state index contributed by atoms with van der Waals surface area (Å²) in [6.45, 7) is 1.74. The summed E-state index contributed by atoms with van der Waals surface area (Å²) in [5, 5.41) is 16.8. The number of aromatic nitrogens is 2. The van der Waals surface area contributed by atoms with Crippen molar-refractivity contribution in [3.05, 3.63) is 56.2 Å². The van der Waals surface area contributed by atoms with Crippen molar-refractivity contribution in [2.75, 3.05) is 7.11 Å². The molecule has 1 atom stereocenters. The molecule has 0 spiro atoms. The van der Waals surface area contributed by atoms with Crippen molar-refractivity contribution in [2.45, 2.75) is 64.0 Å². The predicted molar refractivity (Wildman–Crippen MR) is 119 cm³/mol. The highest BCUT2D eigenvalue weighted by molar-refractivity contribution is 6.04. The van der Waals surface area contributed by atoms with Gasteiger partial charge in [-0.1, -0.05) is 38.3 Å². The Hall–Kier alpha value is -3.36. The number of hydrazone groups is 1. The molecule has 0 unspecified atom stereocenters. The van der Waals surface area contributed by atoms with Gasteiger partial charge in [0, 0.05) is 18.9 Å². The van der Waals surface area contributed by atoms with E-state index in [1.165, 1.54) is 9.58 Å². The van der Waals surface area contributed by atoms with Crippen molar-refractivity contribution in [2.24, 2.45) is 5.10 Å². The molecule has 0 saturated heterocycles. The molecule has 4 rings (SSSR count). The number of carbonyl (C=O) groups excluding carboxylic acids is 1. The van der Waals surface area contributed by atoms with Crippen LogP contribution in [0.4, 0.5) is 0 Å². The van der Waals surface area contributed by atoms with Gasteiger partial charge in [-0.25, -0.2) is 9.80 Å². The number of nitrogens with one attached hydrogen (secondary N) is 1. The van der Waals surface area contributed by atoms with E-state index in [0.29, 0.717) is 5.75 Å². The van der Waals surface area contributed by atoms with Gasteiger partial charge in [0.15, 0.2) is 0 Å². The summed E-state index contributed by atoms with van der Waals surface area (Å²) in [4.78, 5) is 40.2. The molecule has 1 fully saturated rings. The van der Waals surface area contributed by atoms with Gasteiger partial charge < -0.3 is 9.84 Å². The molecule has 32 heavy (non-hydrogen) atoms. The van der Waals surface area contributed by atoms with E-state index in [9.17, 15) is 19.5 Å². The number of ether oxygens (including phenoxy) is 1. The van der Waals surface area contributed by atoms with Crippen LogP contribution in [0.3, 0.4) is 0 Å². The lowest BCUT2D eigenvalue weighted by Crippen LogP contribution is -2.36. The number of aromatic amines is 1. The van der Waals surface area contributed by atoms with Crippen LogP contribution in [0.25, 0.3) is 0 Å². The Morgan fingerprint density at radius 3 is 2.50 bits per heavy atom. The van der Waals surface area contributed by atoms with Gasteiger partial charge in [-0.15, -0.1) is 0 Å². The third-order valence-electron chi connectivity index (χ3n) is 6.32. The van der Waals surface area contributed by atoms with E-state index in [2.05, 4.69) is 10.1 Å². The molecule has 1 amide bonds. The van der Waals surface area contributed by atoms with Crippen LogP contribution in [0.2, 0.25) is 0 Å². The molecule has 2 aliphatic rings. The fourth-order valence-corrected chi connectivity index (χ4v) is 4.62. The lowest BCUT2D eigenvalue weighted by molar-refractivity contribution is -0.132. The Morgan fingerprint density at radius 1 is 1.19 bits per heavy atom. The van der Waals surface area contributed by atoms with E-state index >= 15 is 0 Å². The molecule has 2 N–H and O–H groups in total. The minimum absolute atomic E-state index is 0.0416. The van der Waals surface area contributed by atoms with Crippen LogP contribution in [-0.2, 0) is 4.79 Å². The fourth-order valence-electron chi connectivity index (χ4n) is 4.62. The van der Waals surface area contributed by atoms with E-state index in [4.69, 9.17) is 4.74 Å². The Bertz CT molecular complexity index is 1140. The van der Waals surface area contributed by atoms with E-state index in [1.54, 1.807) is 26.2 Å². The summed E-state index contributed by atoms with van der Waals surface area (Å²) in [5.74, 6) is 0.121. The zero-order valence-corrected chi connectivity index (χ0v) is 18.3. The third kappa shape index (κ3) is 3.94. The van der Waals surface area contributed by atoms with E-state index in [-0.39, 0.29) is 41.9 Å². The van der Waals surface area contributed by atoms with Crippen molar-refractivity contribution in [3.8, 4) is 11.6 Å². The highest BCUT2D eigenvalue weighted by atomic mass is 16.5. The number of hydrogen-bond donors (Lipinski definition) is 2. The van der Waals surface area contributed by atoms with Crippen LogP contribution in [0.15, 0.2) is 39.0 Å². The van der Waals surface area contributed by atoms with Gasteiger partial charge in [0.2, 0.25) is 11.8 Å². The molecular weight excluding hydrogens is 412 g/mol. The standard InChI is InChI=1S/C23H28N4O5/c1-3-19(28)27-18(14-9-11-16(32-2)12-10-14)13-17(25-27)20-21(29)24-23(31)26(22(20)30)15-7-5-4-6-8-15/h9-12,15,18,30H,3-8,13H2,1-2H3,(H,24,29,31)/t18-/m0/s1. The van der Waals surface area contributed by atoms with Crippen molar-refractivity contribution in [1.82, 2.24) is 14.6 Å². The van der Waals surface area contributed by atoms with Crippen LogP contribution in [-0.4, -0.2) is 38.4 Å². The van der Waals surface area contributed by atoms with Crippen molar-refractivity contribution in [1.29, 1.82) is 0 Å². The highest BCUT2D eigenvalue weighted by Crippen LogP contribution is 2.36. The Balaban J connectivity index is 1.76. The first-order chi connectivity index (χ1) is 15.4. The van der Waals surface area contributed by atoms with Gasteiger partial charge in [-0.05, 0) is 30.5 Å². The van der Waals surface area contributed by atoms with Gasteiger partial charge in [0.25, 0.3) is 5.56 Å². The molecule has 0 bridgehead atoms. The second-order valence-electron chi connectivity index (χ2n) is 8.25. The maximum atomic E-state index is 12.7. The fraction of sp³-hybridized carbons (Fsp3) is 0.478. The van der Waals surface area contributed by atoms with Crippen LogP contribution in [0, 0.1) is 0 Å². The number of rotatable bonds is 5. The summed E-state index contributed by atoms with van der Waals surface area (Å²) in [6.07, 6.45) is 5.03. The smallest absolute Gasteiger partial charge is 0.331 e. The van der Waals surface area contributed by atoms with E-state index in [1.807, 2.05) is 12.1 Å². The monoisotopic (exact) mass is 440 g/mol. The van der Waals surface area contributed by atoms with Crippen molar-refractivity contribution >= 4 is 11.6 Å². The number of hydrogen-bond acceptors (Lipinski definition) is 6. The van der Waals surface area contributed by atoms with E-state index < -0.39 is 17.3 Å². The Morgan fingerprint density at radius 2 is 1.88 bits per heavy atom. The molecule has 0 radical (unpaired) electrons. The first kappa shape index (κ1) is 21.9. The molecule has 9 nitrogen and oxygen atoms in total. The number of H-pyrrole nitrogens is 1. The summed E-state index contributed by atoms with van der Waals surface area (Å²) in [7, 11) is 1.58. The average molecular weight is 441 g/mol. The molecule has 1 aliphatic carbocycles. The zero-order valence-electron chi connectivity index (χ0n) is 18.3. The summed E-state index contributed by atoms with van der Waals surface area (Å²) in [6, 6.07) is 6.72. The van der Waals surface area contributed by atoms with E-state index in [0.717, 1.165) is 37.7 Å². The number of benzene rings is 1. The summed E-state index contributed by atoms with van der Waals surface area (Å²) in [5.41, 5.74) is -0.230. The number of aromatic hydroxyl groups is 1. The van der Waals surface area contributed by atoms with Gasteiger partial charge in [-0.3, -0.25) is 19.1 Å². The third-order valence-corrected chi connectivity index (χ3v) is 6.32. The lowest BCUT2D eigenvalue weighted by Gasteiger charge is -2.25. The molecule has 170 valence electrons. The molecule has 1 aliphatic heterocycles. The minimum Gasteiger partial charge on any atom is -0.497 e. The number of nitrogens with zero attached hydrogens (tertiary/aromatic N) is 3. The van der Waals surface area contributed by atoms with Gasteiger partial charge >= 0.3 is 5.69 Å². The minimum atomic E-state index is -0.697. The molecule has 1 saturated carbocycles. The summed E-state index contributed by atoms with van der Waals surface area (Å²) >= 11 is 0. The molecule has 9 heteroatoms. The maximum absolute atomic E-state index is 12.7. The normalized spacial score (nSPS) is 19.1. The average Bonchev–Trinajstić information content (AvgIpc) is 3.24. The second kappa shape index (κ2) is 9.02. The van der Waals surface area contributed by atoms with Gasteiger partial charge in [-0.2, -0.15) is 5.10 Å². The van der Waals surface area contributed by atoms with Crippen LogP contribution >= 0.6 is 0 Å². The summed E-state index contributed by atoms with van der Waals surface area (Å²) < 4.78 is 6.49. The number of carbonyl (C=O) groups is 1. The predicted octanol–water partition coefficient (Wildman–Crippen LogP) is 2.84. The molecule has 2 heterocycles. The van der Waals surface area contributed by atoms with Crippen LogP contribution < -0.4 is 16.0 Å². The van der Waals surface area contributed by atoms with Crippen molar-refractivity contribution in [3.63, 3.8) is 0 Å². The first-order valence-corrected chi connectivity index (χ1v) is 11.1. The SMILES string of the molecule is CCC(=O)N1N=C(c2c(O)n(C3CCCCC3)c(=O)[nH]c2=O)C[C@H]1c1ccc(OC)cc1. The quantitative estimate of drug-likeness (QED) is 0.741. The first-order valence-electron chi connectivity index (χ1n) is 11.1. The van der Waals surface area contributed by atoms with Crippen LogP contribution in [0.5, 0.6) is 11.6 Å². The Kier molecular flexibility index (Phi) is 6.16. The van der Waals surface area contributed by atoms with Gasteiger partial charge in [0.05, 0.1) is 18.9 Å². The molecule has 2 aromatic rings. The highest BCUT2D eigenvalue weighted by Gasteiger charge is 2.35. The topological polar surface area (TPSA) is 117 Å². The van der Waals surface area contributed by atoms with Crippen LogP contribution in [0.1, 0.15) is 75.1 Å². The van der Waals surface area contributed by atoms with Crippen molar-refractivity contribution < 1.29 is 14.6 Å². The number of methoxy groups -OCH3 is 1. The Labute approximate surface area is 185 Å². The maximum Gasteiger partial charge on any atom is 0.331 e. The molecule has 1 aromatic carbocycles. The molecule has 1 aromatic heterocycles. The zero-order chi connectivity index (χ0) is 22.8. The second-order valence-corrected chi connectivity index (χ2v) is 8.25.